The van der Waals surface area contributed by atoms with E-state index in [1.807, 2.05) is 51.1 Å². The summed E-state index contributed by atoms with van der Waals surface area (Å²) < 4.78 is 5.66. The number of rotatable bonds is 3. The third kappa shape index (κ3) is 4.19. The van der Waals surface area contributed by atoms with Crippen LogP contribution in [-0.2, 0) is 15.1 Å². The molecular formula is C20H26N4O3. The molecule has 27 heavy (non-hydrogen) atoms. The topological polar surface area (TPSA) is 97.6 Å². The van der Waals surface area contributed by atoms with Gasteiger partial charge in [0.05, 0.1) is 17.8 Å². The number of hydrogen-bond donors (Lipinski definition) is 2. The number of aromatic nitrogens is 1. The molecule has 0 saturated carbocycles. The van der Waals surface area contributed by atoms with Crippen LogP contribution in [0.4, 0.5) is 4.79 Å². The third-order valence-corrected chi connectivity index (χ3v) is 4.78. The van der Waals surface area contributed by atoms with Crippen LogP contribution in [-0.4, -0.2) is 47.6 Å². The molecular weight excluding hydrogens is 344 g/mol. The lowest BCUT2D eigenvalue weighted by molar-refractivity contribution is -0.134. The summed E-state index contributed by atoms with van der Waals surface area (Å²) in [6.45, 7) is 6.83. The molecule has 1 atom stereocenters. The minimum absolute atomic E-state index is 0.152. The quantitative estimate of drug-likeness (QED) is 0.864. The van der Waals surface area contributed by atoms with Gasteiger partial charge in [-0.25, -0.2) is 4.79 Å². The monoisotopic (exact) mass is 370 g/mol. The molecule has 7 heteroatoms. The van der Waals surface area contributed by atoms with E-state index in [0.29, 0.717) is 19.6 Å². The Bertz CT molecular complexity index is 865. The number of aryl methyl sites for hydroxylation is 1. The number of nitrogens with two attached hydrogens (primary N) is 1. The minimum Gasteiger partial charge on any atom is -0.366 e. The highest BCUT2D eigenvalue weighted by atomic mass is 16.5. The number of fused-ring (bicyclic) bond motifs is 1. The van der Waals surface area contributed by atoms with Crippen molar-refractivity contribution < 1.29 is 14.3 Å². The molecule has 1 aliphatic heterocycles. The lowest BCUT2D eigenvalue weighted by Gasteiger charge is -2.30. The molecule has 2 heterocycles. The molecule has 144 valence electrons. The van der Waals surface area contributed by atoms with Crippen molar-refractivity contribution in [3.63, 3.8) is 0 Å². The van der Waals surface area contributed by atoms with Crippen LogP contribution in [0.2, 0.25) is 0 Å². The fourth-order valence-corrected chi connectivity index (χ4v) is 3.44. The van der Waals surface area contributed by atoms with Gasteiger partial charge >= 0.3 is 6.03 Å². The Morgan fingerprint density at radius 2 is 2.07 bits per heavy atom. The highest BCUT2D eigenvalue weighted by molar-refractivity contribution is 5.87. The second-order valence-electron chi connectivity index (χ2n) is 7.44. The van der Waals surface area contributed by atoms with Crippen molar-refractivity contribution in [2.24, 2.45) is 5.73 Å². The van der Waals surface area contributed by atoms with Crippen LogP contribution in [0.3, 0.4) is 0 Å². The average Bonchev–Trinajstić information content (AvgIpc) is 2.87. The first kappa shape index (κ1) is 19.1. The van der Waals surface area contributed by atoms with Crippen LogP contribution in [0.1, 0.15) is 31.7 Å². The Kier molecular flexibility index (Phi) is 5.32. The van der Waals surface area contributed by atoms with E-state index in [1.54, 1.807) is 0 Å². The maximum atomic E-state index is 12.9. The Hall–Kier alpha value is -2.67. The van der Waals surface area contributed by atoms with E-state index in [2.05, 4.69) is 5.32 Å². The number of nitrogens with one attached hydrogen (secondary N) is 1. The van der Waals surface area contributed by atoms with Gasteiger partial charge in [0.1, 0.15) is 0 Å². The number of pyridine rings is 1. The Labute approximate surface area is 158 Å². The average molecular weight is 370 g/mol. The van der Waals surface area contributed by atoms with Gasteiger partial charge in [-0.05, 0) is 38.6 Å². The molecule has 2 aromatic rings. The summed E-state index contributed by atoms with van der Waals surface area (Å²) in [5, 5.41) is 5.11. The highest BCUT2D eigenvalue weighted by Crippen LogP contribution is 2.27. The molecule has 1 aromatic carbocycles. The van der Waals surface area contributed by atoms with Crippen LogP contribution < -0.4 is 11.1 Å². The van der Waals surface area contributed by atoms with Crippen LogP contribution >= 0.6 is 0 Å². The van der Waals surface area contributed by atoms with Gasteiger partial charge in [0.2, 0.25) is 0 Å². The number of nitrogens with zero attached hydrogens (tertiary/aromatic N) is 2. The number of hydrogen-bond acceptors (Lipinski definition) is 4. The zero-order valence-electron chi connectivity index (χ0n) is 16.0. The zero-order valence-corrected chi connectivity index (χ0v) is 16.0. The molecule has 1 fully saturated rings. The first-order valence-corrected chi connectivity index (χ1v) is 9.13. The van der Waals surface area contributed by atoms with Gasteiger partial charge in [0.15, 0.2) is 6.10 Å². The van der Waals surface area contributed by atoms with E-state index in [1.165, 1.54) is 4.90 Å². The van der Waals surface area contributed by atoms with Crippen molar-refractivity contribution >= 4 is 22.7 Å². The predicted molar refractivity (Wildman–Crippen MR) is 103 cm³/mol. The molecule has 1 aromatic heterocycles. The number of benzene rings is 1. The number of ether oxygens (including phenoxy) is 1. The lowest BCUT2D eigenvalue weighted by atomic mass is 9.94. The normalized spacial score (nSPS) is 18.2. The number of carbonyl (C=O) groups is 2. The molecule has 1 aliphatic rings. The van der Waals surface area contributed by atoms with Crippen LogP contribution in [0.5, 0.6) is 0 Å². The highest BCUT2D eigenvalue weighted by Gasteiger charge is 2.33. The van der Waals surface area contributed by atoms with Crippen molar-refractivity contribution in [3.05, 3.63) is 41.7 Å². The number of carbonyl (C=O) groups excluding carboxylic acids is 2. The van der Waals surface area contributed by atoms with Crippen LogP contribution in [0.15, 0.2) is 30.3 Å². The molecule has 0 bridgehead atoms. The first-order valence-electron chi connectivity index (χ1n) is 9.13. The number of primary amides is 1. The summed E-state index contributed by atoms with van der Waals surface area (Å²) in [5.74, 6) is -0.277. The molecule has 0 spiro atoms. The molecule has 1 unspecified atom stereocenters. The second-order valence-corrected chi connectivity index (χ2v) is 7.44. The van der Waals surface area contributed by atoms with Gasteiger partial charge in [-0.1, -0.05) is 24.3 Å². The van der Waals surface area contributed by atoms with E-state index >= 15 is 0 Å². The Morgan fingerprint density at radius 3 is 2.81 bits per heavy atom. The summed E-state index contributed by atoms with van der Waals surface area (Å²) in [5.41, 5.74) is 6.36. The van der Waals surface area contributed by atoms with Gasteiger partial charge in [0, 0.05) is 24.2 Å². The second kappa shape index (κ2) is 7.52. The smallest absolute Gasteiger partial charge is 0.314 e. The van der Waals surface area contributed by atoms with Gasteiger partial charge in [-0.3, -0.25) is 9.78 Å². The first-order chi connectivity index (χ1) is 12.8. The van der Waals surface area contributed by atoms with E-state index < -0.39 is 17.7 Å². The molecule has 1 saturated heterocycles. The molecule has 0 radical (unpaired) electrons. The Balaban J connectivity index is 1.86. The molecule has 3 rings (SSSR count). The number of amides is 3. The van der Waals surface area contributed by atoms with Gasteiger partial charge in [0.25, 0.3) is 5.91 Å². The predicted octanol–water partition coefficient (Wildman–Crippen LogP) is 2.06. The maximum Gasteiger partial charge on any atom is 0.314 e. The van der Waals surface area contributed by atoms with Gasteiger partial charge in [-0.15, -0.1) is 0 Å². The molecule has 7 nitrogen and oxygen atoms in total. The third-order valence-electron chi connectivity index (χ3n) is 4.78. The Morgan fingerprint density at radius 1 is 1.33 bits per heavy atom. The van der Waals surface area contributed by atoms with Crippen molar-refractivity contribution in [1.82, 2.24) is 15.2 Å². The van der Waals surface area contributed by atoms with Crippen molar-refractivity contribution in [3.8, 4) is 0 Å². The summed E-state index contributed by atoms with van der Waals surface area (Å²) in [6, 6.07) is 9.46. The molecule has 3 amide bonds. The summed E-state index contributed by atoms with van der Waals surface area (Å²) in [6.07, 6.45) is -0.101. The van der Waals surface area contributed by atoms with Crippen molar-refractivity contribution in [1.29, 1.82) is 0 Å². The minimum atomic E-state index is -0.754. The summed E-state index contributed by atoms with van der Waals surface area (Å²) >= 11 is 0. The van der Waals surface area contributed by atoms with E-state index in [9.17, 15) is 9.59 Å². The summed E-state index contributed by atoms with van der Waals surface area (Å²) in [7, 11) is 0. The fourth-order valence-electron chi connectivity index (χ4n) is 3.44. The van der Waals surface area contributed by atoms with Gasteiger partial charge in [-0.2, -0.15) is 0 Å². The van der Waals surface area contributed by atoms with E-state index in [4.69, 9.17) is 15.5 Å². The van der Waals surface area contributed by atoms with Crippen molar-refractivity contribution in [2.45, 2.75) is 38.8 Å². The maximum absolute atomic E-state index is 12.9. The molecule has 3 N–H and O–H groups in total. The standard InChI is InChI=1S/C20H26N4O3/c1-13-11-14-7-4-5-8-15(14)17(22-13)20(2,3)23-18(25)16-12-24(19(21)26)9-6-10-27-16/h4-5,7-8,11,16H,6,9-10,12H2,1-3H3,(H2,21,26)(H,23,25). The lowest BCUT2D eigenvalue weighted by Crippen LogP contribution is -2.51. The van der Waals surface area contributed by atoms with Crippen LogP contribution in [0.25, 0.3) is 10.8 Å². The largest absolute Gasteiger partial charge is 0.366 e. The summed E-state index contributed by atoms with van der Waals surface area (Å²) in [4.78, 5) is 30.5. The van der Waals surface area contributed by atoms with Crippen molar-refractivity contribution in [2.75, 3.05) is 19.7 Å². The fraction of sp³-hybridized carbons (Fsp3) is 0.450. The molecule has 0 aliphatic carbocycles. The van der Waals surface area contributed by atoms with E-state index in [-0.39, 0.29) is 12.5 Å². The van der Waals surface area contributed by atoms with Crippen LogP contribution in [0, 0.1) is 6.92 Å². The number of urea groups is 1. The SMILES string of the molecule is Cc1cc2ccccc2c(C(C)(C)NC(=O)C2CN(C(N)=O)CCCO2)n1. The van der Waals surface area contributed by atoms with Gasteiger partial charge < -0.3 is 20.7 Å². The zero-order chi connectivity index (χ0) is 19.6. The van der Waals surface area contributed by atoms with E-state index in [0.717, 1.165) is 22.2 Å².